The van der Waals surface area contributed by atoms with Gasteiger partial charge in [-0.3, -0.25) is 14.4 Å². The number of aromatic nitrogens is 2. The average Bonchev–Trinajstić information content (AvgIpc) is 3.41. The van der Waals surface area contributed by atoms with Crippen molar-refractivity contribution < 1.29 is 9.59 Å². The molecule has 0 unspecified atom stereocenters. The smallest absolute Gasteiger partial charge is 0.266 e. The highest BCUT2D eigenvalue weighted by molar-refractivity contribution is 5.79. The predicted octanol–water partition coefficient (Wildman–Crippen LogP) is 0.495. The molecule has 0 aromatic carbocycles. The molecule has 2 fully saturated rings. The van der Waals surface area contributed by atoms with E-state index in [-0.39, 0.29) is 23.3 Å². The first-order valence-corrected chi connectivity index (χ1v) is 8.66. The fourth-order valence-corrected chi connectivity index (χ4v) is 3.11. The fourth-order valence-electron chi connectivity index (χ4n) is 3.11. The lowest BCUT2D eigenvalue weighted by atomic mass is 9.96. The van der Waals surface area contributed by atoms with E-state index in [9.17, 15) is 14.4 Å². The van der Waals surface area contributed by atoms with Gasteiger partial charge in [-0.15, -0.1) is 0 Å². The number of rotatable bonds is 5. The number of carbonyl (C=O) groups is 2. The third kappa shape index (κ3) is 4.01. The summed E-state index contributed by atoms with van der Waals surface area (Å²) in [5.41, 5.74) is 0.834. The highest BCUT2D eigenvalue weighted by atomic mass is 16.2. The third-order valence-corrected chi connectivity index (χ3v) is 4.82. The Morgan fingerprint density at radius 3 is 2.54 bits per heavy atom. The van der Waals surface area contributed by atoms with Gasteiger partial charge in [0.15, 0.2) is 0 Å². The van der Waals surface area contributed by atoms with E-state index in [1.807, 2.05) is 0 Å². The van der Waals surface area contributed by atoms with E-state index in [2.05, 4.69) is 10.4 Å². The van der Waals surface area contributed by atoms with Crippen LogP contribution in [-0.4, -0.2) is 46.1 Å². The lowest BCUT2D eigenvalue weighted by Gasteiger charge is -2.30. The molecule has 130 valence electrons. The van der Waals surface area contributed by atoms with Crippen molar-refractivity contribution in [1.29, 1.82) is 0 Å². The van der Waals surface area contributed by atoms with Crippen molar-refractivity contribution in [3.05, 3.63) is 28.2 Å². The Labute approximate surface area is 141 Å². The molecule has 1 aliphatic heterocycles. The molecule has 7 heteroatoms. The normalized spacial score (nSPS) is 18.5. The van der Waals surface area contributed by atoms with Crippen molar-refractivity contribution in [3.63, 3.8) is 0 Å². The van der Waals surface area contributed by atoms with Gasteiger partial charge in [0.1, 0.15) is 0 Å². The summed E-state index contributed by atoms with van der Waals surface area (Å²) >= 11 is 0. The first-order valence-electron chi connectivity index (χ1n) is 8.66. The van der Waals surface area contributed by atoms with Gasteiger partial charge in [-0.05, 0) is 31.7 Å². The Kier molecular flexibility index (Phi) is 4.97. The Balaban J connectivity index is 1.46. The molecule has 1 saturated carbocycles. The monoisotopic (exact) mass is 332 g/mol. The van der Waals surface area contributed by atoms with Gasteiger partial charge < -0.3 is 10.2 Å². The summed E-state index contributed by atoms with van der Waals surface area (Å²) in [6.45, 7) is 3.61. The molecule has 0 bridgehead atoms. The van der Waals surface area contributed by atoms with Crippen LogP contribution in [0.2, 0.25) is 0 Å². The molecule has 1 aromatic rings. The SMILES string of the molecule is CC(=O)N1CCC(C(=O)NCCn2nc(C3CC3)ccc2=O)CC1. The minimum absolute atomic E-state index is 0.00426. The molecule has 1 saturated heterocycles. The number of nitrogens with zero attached hydrogens (tertiary/aromatic N) is 3. The number of piperidine rings is 1. The molecule has 1 N–H and O–H groups in total. The topological polar surface area (TPSA) is 84.3 Å². The van der Waals surface area contributed by atoms with Crippen molar-refractivity contribution >= 4 is 11.8 Å². The molecule has 1 aliphatic carbocycles. The van der Waals surface area contributed by atoms with Crippen molar-refractivity contribution in [2.75, 3.05) is 19.6 Å². The van der Waals surface area contributed by atoms with Crippen LogP contribution in [0.5, 0.6) is 0 Å². The van der Waals surface area contributed by atoms with E-state index >= 15 is 0 Å². The molecule has 2 heterocycles. The van der Waals surface area contributed by atoms with Crippen molar-refractivity contribution in [2.24, 2.45) is 5.92 Å². The van der Waals surface area contributed by atoms with E-state index in [0.29, 0.717) is 44.9 Å². The molecular weight excluding hydrogens is 308 g/mol. The number of hydrogen-bond acceptors (Lipinski definition) is 4. The molecule has 0 spiro atoms. The van der Waals surface area contributed by atoms with Crippen LogP contribution in [0, 0.1) is 5.92 Å². The highest BCUT2D eigenvalue weighted by Crippen LogP contribution is 2.38. The Hall–Kier alpha value is -2.18. The Morgan fingerprint density at radius 2 is 1.92 bits per heavy atom. The summed E-state index contributed by atoms with van der Waals surface area (Å²) in [4.78, 5) is 37.1. The number of amides is 2. The van der Waals surface area contributed by atoms with Crippen molar-refractivity contribution in [2.45, 2.75) is 45.1 Å². The summed E-state index contributed by atoms with van der Waals surface area (Å²) in [6.07, 6.45) is 3.67. The van der Waals surface area contributed by atoms with Gasteiger partial charge >= 0.3 is 0 Å². The summed E-state index contributed by atoms with van der Waals surface area (Å²) in [5.74, 6) is 0.514. The first kappa shape index (κ1) is 16.7. The standard InChI is InChI=1S/C17H24N4O3/c1-12(22)20-9-6-14(7-10-20)17(24)18-8-11-21-16(23)5-4-15(19-21)13-2-3-13/h4-5,13-14H,2-3,6-11H2,1H3,(H,18,24). The second kappa shape index (κ2) is 7.15. The molecule has 2 amide bonds. The Morgan fingerprint density at radius 1 is 1.21 bits per heavy atom. The van der Waals surface area contributed by atoms with Crippen LogP contribution < -0.4 is 10.9 Å². The number of nitrogens with one attached hydrogen (secondary N) is 1. The minimum atomic E-state index is -0.136. The summed E-state index contributed by atoms with van der Waals surface area (Å²) in [5, 5.41) is 7.28. The molecule has 7 nitrogen and oxygen atoms in total. The predicted molar refractivity (Wildman–Crippen MR) is 88.5 cm³/mol. The quantitative estimate of drug-likeness (QED) is 0.851. The second-order valence-electron chi connectivity index (χ2n) is 6.67. The van der Waals surface area contributed by atoms with E-state index in [0.717, 1.165) is 18.5 Å². The van der Waals surface area contributed by atoms with Crippen LogP contribution in [0.4, 0.5) is 0 Å². The zero-order valence-corrected chi connectivity index (χ0v) is 14.0. The van der Waals surface area contributed by atoms with Crippen LogP contribution >= 0.6 is 0 Å². The average molecular weight is 332 g/mol. The van der Waals surface area contributed by atoms with Crippen molar-refractivity contribution in [1.82, 2.24) is 20.0 Å². The number of likely N-dealkylation sites (tertiary alicyclic amines) is 1. The van der Waals surface area contributed by atoms with Crippen LogP contribution in [0.25, 0.3) is 0 Å². The van der Waals surface area contributed by atoms with Gasteiger partial charge in [0, 0.05) is 44.5 Å². The summed E-state index contributed by atoms with van der Waals surface area (Å²) in [6, 6.07) is 3.36. The van der Waals surface area contributed by atoms with E-state index < -0.39 is 0 Å². The van der Waals surface area contributed by atoms with E-state index in [4.69, 9.17) is 0 Å². The van der Waals surface area contributed by atoms with Gasteiger partial charge in [0.25, 0.3) is 5.56 Å². The van der Waals surface area contributed by atoms with Crippen molar-refractivity contribution in [3.8, 4) is 0 Å². The maximum atomic E-state index is 12.2. The lowest BCUT2D eigenvalue weighted by molar-refractivity contribution is -0.133. The molecule has 0 atom stereocenters. The van der Waals surface area contributed by atoms with Gasteiger partial charge in [-0.1, -0.05) is 0 Å². The zero-order chi connectivity index (χ0) is 17.1. The van der Waals surface area contributed by atoms with Gasteiger partial charge in [-0.25, -0.2) is 4.68 Å². The maximum Gasteiger partial charge on any atom is 0.266 e. The number of hydrogen-bond donors (Lipinski definition) is 1. The third-order valence-electron chi connectivity index (χ3n) is 4.82. The van der Waals surface area contributed by atoms with Gasteiger partial charge in [-0.2, -0.15) is 5.10 Å². The van der Waals surface area contributed by atoms with Gasteiger partial charge in [0.2, 0.25) is 11.8 Å². The molecule has 2 aliphatic rings. The zero-order valence-electron chi connectivity index (χ0n) is 14.0. The van der Waals surface area contributed by atoms with E-state index in [1.54, 1.807) is 24.0 Å². The fraction of sp³-hybridized carbons (Fsp3) is 0.647. The van der Waals surface area contributed by atoms with Crippen LogP contribution in [0.1, 0.15) is 44.2 Å². The largest absolute Gasteiger partial charge is 0.354 e. The molecule has 1 aromatic heterocycles. The highest BCUT2D eigenvalue weighted by Gasteiger charge is 2.26. The van der Waals surface area contributed by atoms with E-state index in [1.165, 1.54) is 4.68 Å². The summed E-state index contributed by atoms with van der Waals surface area (Å²) < 4.78 is 1.44. The molecule has 0 radical (unpaired) electrons. The molecular formula is C17H24N4O3. The van der Waals surface area contributed by atoms with Crippen LogP contribution in [-0.2, 0) is 16.1 Å². The Bertz CT molecular complexity index is 673. The first-order chi connectivity index (χ1) is 11.5. The van der Waals surface area contributed by atoms with Gasteiger partial charge in [0.05, 0.1) is 12.2 Å². The van der Waals surface area contributed by atoms with Crippen LogP contribution in [0.3, 0.4) is 0 Å². The molecule has 3 rings (SSSR count). The molecule has 24 heavy (non-hydrogen) atoms. The lowest BCUT2D eigenvalue weighted by Crippen LogP contribution is -2.43. The summed E-state index contributed by atoms with van der Waals surface area (Å²) in [7, 11) is 0. The van der Waals surface area contributed by atoms with Crippen LogP contribution in [0.15, 0.2) is 16.9 Å². The maximum absolute atomic E-state index is 12.2. The number of carbonyl (C=O) groups excluding carboxylic acids is 2. The minimum Gasteiger partial charge on any atom is -0.354 e. The second-order valence-corrected chi connectivity index (χ2v) is 6.67.